The SMILES string of the molecule is NS(=O)(=O)c1ccc(N2CCOCC2)c(C(=O)N2CCN(CC(=O)N3CCCCCC3)CC2)c1. The van der Waals surface area contributed by atoms with Gasteiger partial charge in [0.25, 0.3) is 5.91 Å². The molecule has 0 aliphatic carbocycles. The van der Waals surface area contributed by atoms with E-state index in [1.54, 1.807) is 11.0 Å². The van der Waals surface area contributed by atoms with Gasteiger partial charge in [0, 0.05) is 58.0 Å². The van der Waals surface area contributed by atoms with Crippen molar-refractivity contribution < 1.29 is 22.7 Å². The second-order valence-electron chi connectivity index (χ2n) is 9.19. The molecule has 4 rings (SSSR count). The zero-order valence-corrected chi connectivity index (χ0v) is 20.5. The molecule has 34 heavy (non-hydrogen) atoms. The highest BCUT2D eigenvalue weighted by atomic mass is 32.2. The van der Waals surface area contributed by atoms with Crippen molar-refractivity contribution in [3.05, 3.63) is 23.8 Å². The Morgan fingerprint density at radius 1 is 0.853 bits per heavy atom. The summed E-state index contributed by atoms with van der Waals surface area (Å²) in [6.45, 7) is 6.57. The number of hydrogen-bond acceptors (Lipinski definition) is 7. The van der Waals surface area contributed by atoms with Crippen molar-refractivity contribution in [2.45, 2.75) is 30.6 Å². The number of nitrogens with two attached hydrogens (primary N) is 1. The number of benzene rings is 1. The smallest absolute Gasteiger partial charge is 0.256 e. The molecule has 2 N–H and O–H groups in total. The first-order valence-electron chi connectivity index (χ1n) is 12.1. The molecule has 1 aromatic rings. The zero-order chi connectivity index (χ0) is 24.1. The standard InChI is InChI=1S/C23H35N5O5S/c24-34(31,32)19-5-6-21(26-13-15-33-16-14-26)20(17-19)23(30)28-11-9-25(10-12-28)18-22(29)27-7-3-1-2-4-8-27/h5-6,17H,1-4,7-16,18H2,(H2,24,31,32). The molecule has 0 radical (unpaired) electrons. The molecule has 0 aromatic heterocycles. The average molecular weight is 494 g/mol. The van der Waals surface area contributed by atoms with E-state index in [1.807, 2.05) is 9.80 Å². The normalized spacial score (nSPS) is 20.8. The van der Waals surface area contributed by atoms with Crippen LogP contribution in [0.25, 0.3) is 0 Å². The monoisotopic (exact) mass is 493 g/mol. The van der Waals surface area contributed by atoms with E-state index in [9.17, 15) is 18.0 Å². The van der Waals surface area contributed by atoms with E-state index in [0.717, 1.165) is 25.9 Å². The van der Waals surface area contributed by atoms with Crippen molar-refractivity contribution in [2.75, 3.05) is 77.0 Å². The first-order chi connectivity index (χ1) is 16.3. The molecular weight excluding hydrogens is 458 g/mol. The van der Waals surface area contributed by atoms with E-state index in [-0.39, 0.29) is 16.7 Å². The van der Waals surface area contributed by atoms with Crippen LogP contribution in [0.15, 0.2) is 23.1 Å². The van der Waals surface area contributed by atoms with Crippen LogP contribution in [0.1, 0.15) is 36.0 Å². The number of anilines is 1. The van der Waals surface area contributed by atoms with Crippen molar-refractivity contribution in [3.63, 3.8) is 0 Å². The van der Waals surface area contributed by atoms with Gasteiger partial charge >= 0.3 is 0 Å². The van der Waals surface area contributed by atoms with E-state index in [0.29, 0.717) is 70.3 Å². The van der Waals surface area contributed by atoms with Crippen LogP contribution in [0, 0.1) is 0 Å². The highest BCUT2D eigenvalue weighted by molar-refractivity contribution is 7.89. The second-order valence-corrected chi connectivity index (χ2v) is 10.7. The summed E-state index contributed by atoms with van der Waals surface area (Å²) in [6.07, 6.45) is 4.50. The number of hydrogen-bond donors (Lipinski definition) is 1. The summed E-state index contributed by atoms with van der Waals surface area (Å²) in [5.74, 6) is -0.0531. The summed E-state index contributed by atoms with van der Waals surface area (Å²) >= 11 is 0. The topological polar surface area (TPSA) is 116 Å². The molecule has 11 heteroatoms. The second kappa shape index (κ2) is 11.0. The molecule has 0 bridgehead atoms. The maximum absolute atomic E-state index is 13.5. The molecule has 3 heterocycles. The van der Waals surface area contributed by atoms with Crippen molar-refractivity contribution in [1.82, 2.24) is 14.7 Å². The summed E-state index contributed by atoms with van der Waals surface area (Å²) in [7, 11) is -3.94. The van der Waals surface area contributed by atoms with E-state index in [1.165, 1.54) is 25.0 Å². The number of amides is 2. The van der Waals surface area contributed by atoms with Gasteiger partial charge in [0.05, 0.1) is 30.2 Å². The van der Waals surface area contributed by atoms with Crippen LogP contribution < -0.4 is 10.0 Å². The third-order valence-corrected chi connectivity index (χ3v) is 7.77. The van der Waals surface area contributed by atoms with Crippen molar-refractivity contribution in [2.24, 2.45) is 5.14 Å². The number of sulfonamides is 1. The minimum absolute atomic E-state index is 0.0745. The van der Waals surface area contributed by atoms with E-state index >= 15 is 0 Å². The number of carbonyl (C=O) groups excluding carboxylic acids is 2. The Labute approximate surface area is 201 Å². The summed E-state index contributed by atoms with van der Waals surface area (Å²) in [4.78, 5) is 34.0. The number of ether oxygens (including phenoxy) is 1. The van der Waals surface area contributed by atoms with Crippen LogP contribution in [0.3, 0.4) is 0 Å². The third-order valence-electron chi connectivity index (χ3n) is 6.86. The molecule has 0 unspecified atom stereocenters. The van der Waals surface area contributed by atoms with Gasteiger partial charge in [0.1, 0.15) is 0 Å². The van der Waals surface area contributed by atoms with Gasteiger partial charge in [0.2, 0.25) is 15.9 Å². The highest BCUT2D eigenvalue weighted by Crippen LogP contribution is 2.26. The molecule has 10 nitrogen and oxygen atoms in total. The van der Waals surface area contributed by atoms with Gasteiger partial charge in [-0.1, -0.05) is 12.8 Å². The molecular formula is C23H35N5O5S. The maximum atomic E-state index is 13.5. The first-order valence-corrected chi connectivity index (χ1v) is 13.7. The van der Waals surface area contributed by atoms with Gasteiger partial charge in [-0.05, 0) is 31.0 Å². The van der Waals surface area contributed by atoms with Gasteiger partial charge in [-0.15, -0.1) is 0 Å². The molecule has 0 atom stereocenters. The van der Waals surface area contributed by atoms with E-state index < -0.39 is 10.0 Å². The molecule has 1 aromatic carbocycles. The minimum Gasteiger partial charge on any atom is -0.378 e. The van der Waals surface area contributed by atoms with Crippen LogP contribution in [0.2, 0.25) is 0 Å². The largest absolute Gasteiger partial charge is 0.378 e. The predicted octanol–water partition coefficient (Wildman–Crippen LogP) is 0.331. The Bertz CT molecular complexity index is 979. The fourth-order valence-corrected chi connectivity index (χ4v) is 5.37. The van der Waals surface area contributed by atoms with E-state index in [4.69, 9.17) is 9.88 Å². The summed E-state index contributed by atoms with van der Waals surface area (Å²) in [5, 5.41) is 5.34. The average Bonchev–Trinajstić information content (AvgIpc) is 3.13. The third kappa shape index (κ3) is 6.07. The summed E-state index contributed by atoms with van der Waals surface area (Å²) < 4.78 is 29.3. The number of morpholine rings is 1. The van der Waals surface area contributed by atoms with Crippen molar-refractivity contribution in [1.29, 1.82) is 0 Å². The first kappa shape index (κ1) is 24.9. The lowest BCUT2D eigenvalue weighted by Gasteiger charge is -2.36. The van der Waals surface area contributed by atoms with Gasteiger partial charge in [-0.3, -0.25) is 14.5 Å². The van der Waals surface area contributed by atoms with Crippen LogP contribution in [-0.4, -0.2) is 107 Å². The molecule has 0 saturated carbocycles. The van der Waals surface area contributed by atoms with Crippen LogP contribution >= 0.6 is 0 Å². The van der Waals surface area contributed by atoms with E-state index in [2.05, 4.69) is 4.90 Å². The number of nitrogens with zero attached hydrogens (tertiary/aromatic N) is 4. The number of piperazine rings is 1. The molecule has 3 aliphatic heterocycles. The van der Waals surface area contributed by atoms with Crippen molar-refractivity contribution >= 4 is 27.5 Å². The van der Waals surface area contributed by atoms with Crippen LogP contribution in [0.5, 0.6) is 0 Å². The number of primary sulfonamides is 1. The summed E-state index contributed by atoms with van der Waals surface area (Å²) in [6, 6.07) is 4.50. The Balaban J connectivity index is 1.43. The number of carbonyl (C=O) groups is 2. The molecule has 188 valence electrons. The lowest BCUT2D eigenvalue weighted by Crippen LogP contribution is -2.52. The lowest BCUT2D eigenvalue weighted by atomic mass is 10.1. The predicted molar refractivity (Wildman–Crippen MR) is 128 cm³/mol. The van der Waals surface area contributed by atoms with Gasteiger partial charge in [-0.25, -0.2) is 13.6 Å². The van der Waals surface area contributed by atoms with Gasteiger partial charge in [0.15, 0.2) is 0 Å². The van der Waals surface area contributed by atoms with Gasteiger partial charge < -0.3 is 19.4 Å². The number of likely N-dealkylation sites (tertiary alicyclic amines) is 1. The van der Waals surface area contributed by atoms with Crippen molar-refractivity contribution in [3.8, 4) is 0 Å². The molecule has 2 amide bonds. The van der Waals surface area contributed by atoms with Crippen LogP contribution in [0.4, 0.5) is 5.69 Å². The highest BCUT2D eigenvalue weighted by Gasteiger charge is 2.28. The molecule has 3 aliphatic rings. The van der Waals surface area contributed by atoms with Crippen LogP contribution in [-0.2, 0) is 19.6 Å². The Kier molecular flexibility index (Phi) is 8.07. The zero-order valence-electron chi connectivity index (χ0n) is 19.7. The Morgan fingerprint density at radius 2 is 1.50 bits per heavy atom. The maximum Gasteiger partial charge on any atom is 0.256 e. The van der Waals surface area contributed by atoms with Gasteiger partial charge in [-0.2, -0.15) is 0 Å². The Hall–Kier alpha value is -2.21. The fourth-order valence-electron chi connectivity index (χ4n) is 4.83. The fraction of sp³-hybridized carbons (Fsp3) is 0.652. The summed E-state index contributed by atoms with van der Waals surface area (Å²) in [5.41, 5.74) is 1.03. The Morgan fingerprint density at radius 3 is 2.12 bits per heavy atom. The molecule has 3 saturated heterocycles. The minimum atomic E-state index is -3.94. The number of rotatable bonds is 5. The lowest BCUT2D eigenvalue weighted by molar-refractivity contribution is -0.132. The molecule has 3 fully saturated rings. The molecule has 0 spiro atoms. The quantitative estimate of drug-likeness (QED) is 0.628.